The van der Waals surface area contributed by atoms with Gasteiger partial charge in [-0.2, -0.15) is 0 Å². The lowest BCUT2D eigenvalue weighted by atomic mass is 9.98. The third kappa shape index (κ3) is 4.22. The van der Waals surface area contributed by atoms with Crippen molar-refractivity contribution in [1.29, 1.82) is 0 Å². The normalized spacial score (nSPS) is 11.8. The van der Waals surface area contributed by atoms with Gasteiger partial charge in [-0.15, -0.1) is 0 Å². The second-order valence-electron chi connectivity index (χ2n) is 12.0. The first-order valence-corrected chi connectivity index (χ1v) is 15.9. The molecule has 0 amide bonds. The fourth-order valence-electron chi connectivity index (χ4n) is 6.82. The molecule has 5 heteroatoms. The van der Waals surface area contributed by atoms with Crippen molar-refractivity contribution in [2.45, 2.75) is 0 Å². The summed E-state index contributed by atoms with van der Waals surface area (Å²) in [5.41, 5.74) is 8.05. The van der Waals surface area contributed by atoms with E-state index in [9.17, 15) is 0 Å². The number of hydrogen-bond acceptors (Lipinski definition) is 5. The Balaban J connectivity index is 1.27. The molecular formula is C43H25N3O2. The average Bonchev–Trinajstić information content (AvgIpc) is 3.71. The summed E-state index contributed by atoms with van der Waals surface area (Å²) in [7, 11) is 0. The summed E-state index contributed by atoms with van der Waals surface area (Å²) in [6, 6.07) is 51.6. The summed E-state index contributed by atoms with van der Waals surface area (Å²) in [5.74, 6) is 1.83. The van der Waals surface area contributed by atoms with Crippen molar-refractivity contribution in [3.8, 4) is 45.3 Å². The van der Waals surface area contributed by atoms with E-state index in [1.807, 2.05) is 66.7 Å². The van der Waals surface area contributed by atoms with Crippen molar-refractivity contribution >= 4 is 54.6 Å². The second kappa shape index (κ2) is 10.5. The molecule has 0 spiro atoms. The molecule has 10 aromatic rings. The summed E-state index contributed by atoms with van der Waals surface area (Å²) in [6.45, 7) is 0. The molecule has 0 fully saturated rings. The lowest BCUT2D eigenvalue weighted by Crippen LogP contribution is -2.00. The van der Waals surface area contributed by atoms with Crippen LogP contribution in [-0.2, 0) is 0 Å². The van der Waals surface area contributed by atoms with E-state index in [1.54, 1.807) is 0 Å². The van der Waals surface area contributed by atoms with Crippen LogP contribution in [0.1, 0.15) is 0 Å². The number of furan rings is 2. The van der Waals surface area contributed by atoms with Gasteiger partial charge in [0, 0.05) is 43.8 Å². The molecule has 0 unspecified atom stereocenters. The van der Waals surface area contributed by atoms with Gasteiger partial charge in [-0.25, -0.2) is 15.0 Å². The van der Waals surface area contributed by atoms with Crippen LogP contribution in [-0.4, -0.2) is 15.0 Å². The summed E-state index contributed by atoms with van der Waals surface area (Å²) in [4.78, 5) is 15.3. The van der Waals surface area contributed by atoms with Gasteiger partial charge < -0.3 is 8.83 Å². The van der Waals surface area contributed by atoms with Crippen molar-refractivity contribution in [3.63, 3.8) is 0 Å². The zero-order chi connectivity index (χ0) is 31.6. The highest BCUT2D eigenvalue weighted by Crippen LogP contribution is 2.42. The van der Waals surface area contributed by atoms with E-state index in [4.69, 9.17) is 23.8 Å². The first kappa shape index (κ1) is 26.6. The van der Waals surface area contributed by atoms with E-state index in [0.29, 0.717) is 17.5 Å². The monoisotopic (exact) mass is 615 g/mol. The average molecular weight is 616 g/mol. The fraction of sp³-hybridized carbons (Fsp3) is 0. The third-order valence-corrected chi connectivity index (χ3v) is 9.11. The largest absolute Gasteiger partial charge is 0.456 e. The number of nitrogens with zero attached hydrogens (tertiary/aromatic N) is 3. The first-order valence-electron chi connectivity index (χ1n) is 15.9. The maximum Gasteiger partial charge on any atom is 0.164 e. The van der Waals surface area contributed by atoms with Crippen molar-refractivity contribution < 1.29 is 8.83 Å². The molecule has 0 N–H and O–H groups in total. The van der Waals surface area contributed by atoms with Crippen LogP contribution >= 0.6 is 0 Å². The Bertz CT molecular complexity index is 2830. The smallest absolute Gasteiger partial charge is 0.164 e. The predicted molar refractivity (Wildman–Crippen MR) is 194 cm³/mol. The molecular weight excluding hydrogens is 590 g/mol. The number of benzene rings is 7. The number of aromatic nitrogens is 3. The minimum atomic E-state index is 0.588. The van der Waals surface area contributed by atoms with Gasteiger partial charge in [0.2, 0.25) is 0 Å². The number of hydrogen-bond donors (Lipinski definition) is 0. The molecule has 3 heterocycles. The maximum absolute atomic E-state index is 6.69. The van der Waals surface area contributed by atoms with Gasteiger partial charge in [0.1, 0.15) is 22.3 Å². The molecule has 48 heavy (non-hydrogen) atoms. The molecule has 3 aromatic heterocycles. The molecule has 224 valence electrons. The zero-order valence-corrected chi connectivity index (χ0v) is 25.6. The van der Waals surface area contributed by atoms with Crippen molar-refractivity contribution in [3.05, 3.63) is 152 Å². The van der Waals surface area contributed by atoms with Gasteiger partial charge in [-0.05, 0) is 46.7 Å². The van der Waals surface area contributed by atoms with Crippen LogP contribution in [0.4, 0.5) is 0 Å². The van der Waals surface area contributed by atoms with Crippen LogP contribution in [0, 0.1) is 0 Å². The van der Waals surface area contributed by atoms with Crippen molar-refractivity contribution in [2.75, 3.05) is 0 Å². The molecule has 0 aliphatic heterocycles. The van der Waals surface area contributed by atoms with Gasteiger partial charge >= 0.3 is 0 Å². The molecule has 0 aliphatic carbocycles. The van der Waals surface area contributed by atoms with Crippen LogP contribution in [0.5, 0.6) is 0 Å². The highest BCUT2D eigenvalue weighted by atomic mass is 16.3. The van der Waals surface area contributed by atoms with Gasteiger partial charge in [0.05, 0.1) is 0 Å². The summed E-state index contributed by atoms with van der Waals surface area (Å²) in [6.07, 6.45) is 0. The Labute approximate surface area is 274 Å². The van der Waals surface area contributed by atoms with E-state index >= 15 is 0 Å². The highest BCUT2D eigenvalue weighted by molar-refractivity contribution is 6.17. The highest BCUT2D eigenvalue weighted by Gasteiger charge is 2.20. The fourth-order valence-corrected chi connectivity index (χ4v) is 6.82. The molecule has 0 radical (unpaired) electrons. The number of rotatable bonds is 4. The van der Waals surface area contributed by atoms with Crippen LogP contribution in [0.25, 0.3) is 99.9 Å². The lowest BCUT2D eigenvalue weighted by Gasteiger charge is -2.11. The Kier molecular flexibility index (Phi) is 5.81. The zero-order valence-electron chi connectivity index (χ0n) is 25.6. The SMILES string of the molecule is c1ccc(-c2nc(-c3cc(-c4ccccc4)c4oc5cc6c(cc5c4c3)oc3ccccc36)nc(-c3cccc4ccccc34)n2)cc1. The number of para-hydroxylation sites is 1. The molecule has 0 atom stereocenters. The molecule has 0 saturated carbocycles. The van der Waals surface area contributed by atoms with Gasteiger partial charge in [0.25, 0.3) is 0 Å². The van der Waals surface area contributed by atoms with Gasteiger partial charge in [-0.3, -0.25) is 0 Å². The van der Waals surface area contributed by atoms with Crippen LogP contribution in [0.2, 0.25) is 0 Å². The van der Waals surface area contributed by atoms with Gasteiger partial charge in [0.15, 0.2) is 17.5 Å². The Morgan fingerprint density at radius 1 is 0.333 bits per heavy atom. The van der Waals surface area contributed by atoms with Gasteiger partial charge in [-0.1, -0.05) is 121 Å². The summed E-state index contributed by atoms with van der Waals surface area (Å²) in [5, 5.41) is 6.26. The standard InChI is InChI=1S/C43H25N3O2/c1-3-12-27(13-4-1)33-22-29(23-36-35-25-38-34(24-39(35)48-40(33)36)31-19-9-10-21-37(31)47-38)42-44-41(28-15-5-2-6-16-28)45-43(46-42)32-20-11-17-26-14-7-8-18-30(26)32/h1-25H. The van der Waals surface area contributed by atoms with Crippen LogP contribution in [0.3, 0.4) is 0 Å². The Morgan fingerprint density at radius 3 is 1.75 bits per heavy atom. The van der Waals surface area contributed by atoms with E-state index in [0.717, 1.165) is 82.5 Å². The Morgan fingerprint density at radius 2 is 0.938 bits per heavy atom. The van der Waals surface area contributed by atoms with E-state index in [2.05, 4.69) is 84.9 Å². The summed E-state index contributed by atoms with van der Waals surface area (Å²) < 4.78 is 13.0. The van der Waals surface area contributed by atoms with E-state index in [1.165, 1.54) is 0 Å². The lowest BCUT2D eigenvalue weighted by molar-refractivity contribution is 0.664. The molecule has 7 aromatic carbocycles. The third-order valence-electron chi connectivity index (χ3n) is 9.11. The second-order valence-corrected chi connectivity index (χ2v) is 12.0. The van der Waals surface area contributed by atoms with Crippen molar-refractivity contribution in [1.82, 2.24) is 15.0 Å². The van der Waals surface area contributed by atoms with Crippen molar-refractivity contribution in [2.24, 2.45) is 0 Å². The van der Waals surface area contributed by atoms with E-state index in [-0.39, 0.29) is 0 Å². The minimum Gasteiger partial charge on any atom is -0.456 e. The molecule has 10 rings (SSSR count). The van der Waals surface area contributed by atoms with Crippen LogP contribution in [0.15, 0.2) is 160 Å². The molecule has 5 nitrogen and oxygen atoms in total. The molecule has 0 saturated heterocycles. The predicted octanol–water partition coefficient (Wildman–Crippen LogP) is 11.5. The number of fused-ring (bicyclic) bond motifs is 7. The molecule has 0 bridgehead atoms. The Hall–Kier alpha value is -6.59. The van der Waals surface area contributed by atoms with E-state index < -0.39 is 0 Å². The minimum absolute atomic E-state index is 0.588. The molecule has 0 aliphatic rings. The topological polar surface area (TPSA) is 65.0 Å². The maximum atomic E-state index is 6.69. The van der Waals surface area contributed by atoms with Crippen LogP contribution < -0.4 is 0 Å². The first-order chi connectivity index (χ1) is 23.8. The quantitative estimate of drug-likeness (QED) is 0.197. The summed E-state index contributed by atoms with van der Waals surface area (Å²) >= 11 is 0.